The molecule has 0 unspecified atom stereocenters. The van der Waals surface area contributed by atoms with Crippen LogP contribution in [0.5, 0.6) is 0 Å². The second-order valence-corrected chi connectivity index (χ2v) is 4.87. The van der Waals surface area contributed by atoms with Crippen molar-refractivity contribution in [3.05, 3.63) is 29.8 Å². The molecule has 0 amide bonds. The minimum absolute atomic E-state index is 0.338. The van der Waals surface area contributed by atoms with Crippen LogP contribution in [0, 0.1) is 11.6 Å². The SMILES string of the molecule is Fc1cc(F)cc(N[C@@H]2CCCSC2)c1. The Balaban J connectivity index is 2.02. The van der Waals surface area contributed by atoms with Gasteiger partial charge in [0.15, 0.2) is 0 Å². The molecule has 1 aliphatic rings. The van der Waals surface area contributed by atoms with Gasteiger partial charge in [-0.25, -0.2) is 8.78 Å². The van der Waals surface area contributed by atoms with Crippen molar-refractivity contribution in [1.29, 1.82) is 0 Å². The van der Waals surface area contributed by atoms with Crippen LogP contribution in [0.3, 0.4) is 0 Å². The van der Waals surface area contributed by atoms with Crippen molar-refractivity contribution in [2.75, 3.05) is 16.8 Å². The second-order valence-electron chi connectivity index (χ2n) is 3.72. The van der Waals surface area contributed by atoms with E-state index < -0.39 is 11.6 Å². The lowest BCUT2D eigenvalue weighted by atomic mass is 10.1. The number of hydrogen-bond donors (Lipinski definition) is 1. The van der Waals surface area contributed by atoms with Gasteiger partial charge in [0, 0.05) is 23.5 Å². The zero-order valence-corrected chi connectivity index (χ0v) is 9.12. The second kappa shape index (κ2) is 4.84. The molecule has 1 atom stereocenters. The van der Waals surface area contributed by atoms with Gasteiger partial charge in [0.05, 0.1) is 0 Å². The third kappa shape index (κ3) is 3.09. The van der Waals surface area contributed by atoms with Gasteiger partial charge >= 0.3 is 0 Å². The van der Waals surface area contributed by atoms with E-state index in [-0.39, 0.29) is 0 Å². The minimum Gasteiger partial charge on any atom is -0.381 e. The molecule has 15 heavy (non-hydrogen) atoms. The maximum atomic E-state index is 12.9. The first-order chi connectivity index (χ1) is 7.24. The van der Waals surface area contributed by atoms with E-state index in [1.54, 1.807) is 0 Å². The van der Waals surface area contributed by atoms with E-state index in [4.69, 9.17) is 0 Å². The van der Waals surface area contributed by atoms with Crippen LogP contribution >= 0.6 is 11.8 Å². The molecule has 0 radical (unpaired) electrons. The molecule has 1 N–H and O–H groups in total. The summed E-state index contributed by atoms with van der Waals surface area (Å²) < 4.78 is 25.8. The number of thioether (sulfide) groups is 1. The summed E-state index contributed by atoms with van der Waals surface area (Å²) in [6.07, 6.45) is 2.24. The molecule has 82 valence electrons. The van der Waals surface area contributed by atoms with Gasteiger partial charge in [-0.2, -0.15) is 11.8 Å². The molecule has 0 aliphatic carbocycles. The lowest BCUT2D eigenvalue weighted by molar-refractivity contribution is 0.583. The Labute approximate surface area is 92.3 Å². The smallest absolute Gasteiger partial charge is 0.128 e. The van der Waals surface area contributed by atoms with Gasteiger partial charge in [0.1, 0.15) is 11.6 Å². The fourth-order valence-corrected chi connectivity index (χ4v) is 2.80. The summed E-state index contributed by atoms with van der Waals surface area (Å²) in [6, 6.07) is 3.90. The first-order valence-electron chi connectivity index (χ1n) is 5.04. The summed E-state index contributed by atoms with van der Waals surface area (Å²) in [4.78, 5) is 0. The predicted octanol–water partition coefficient (Wildman–Crippen LogP) is 3.27. The van der Waals surface area contributed by atoms with E-state index in [1.807, 2.05) is 11.8 Å². The lowest BCUT2D eigenvalue weighted by Gasteiger charge is -2.23. The molecule has 1 fully saturated rings. The van der Waals surface area contributed by atoms with Crippen LogP contribution in [-0.4, -0.2) is 17.5 Å². The Kier molecular flexibility index (Phi) is 3.46. The van der Waals surface area contributed by atoms with Crippen molar-refractivity contribution in [2.45, 2.75) is 18.9 Å². The first kappa shape index (κ1) is 10.7. The largest absolute Gasteiger partial charge is 0.381 e. The summed E-state index contributed by atoms with van der Waals surface area (Å²) in [5.74, 6) is 1.15. The molecule has 0 spiro atoms. The van der Waals surface area contributed by atoms with Gasteiger partial charge in [-0.15, -0.1) is 0 Å². The fourth-order valence-electron chi connectivity index (χ4n) is 1.73. The molecule has 1 nitrogen and oxygen atoms in total. The van der Waals surface area contributed by atoms with Crippen molar-refractivity contribution in [2.24, 2.45) is 0 Å². The summed E-state index contributed by atoms with van der Waals surface area (Å²) in [6.45, 7) is 0. The average molecular weight is 229 g/mol. The maximum Gasteiger partial charge on any atom is 0.128 e. The monoisotopic (exact) mass is 229 g/mol. The third-order valence-corrected chi connectivity index (χ3v) is 3.61. The number of halogens is 2. The van der Waals surface area contributed by atoms with E-state index >= 15 is 0 Å². The Morgan fingerprint density at radius 1 is 1.20 bits per heavy atom. The Morgan fingerprint density at radius 3 is 2.53 bits per heavy atom. The predicted molar refractivity (Wildman–Crippen MR) is 60.3 cm³/mol. The Morgan fingerprint density at radius 2 is 1.93 bits per heavy atom. The van der Waals surface area contributed by atoms with Crippen LogP contribution in [0.2, 0.25) is 0 Å². The van der Waals surface area contributed by atoms with Gasteiger partial charge < -0.3 is 5.32 Å². The summed E-state index contributed by atoms with van der Waals surface area (Å²) >= 11 is 1.88. The van der Waals surface area contributed by atoms with E-state index in [9.17, 15) is 8.78 Å². The molecule has 2 rings (SSSR count). The quantitative estimate of drug-likeness (QED) is 0.835. The van der Waals surface area contributed by atoms with Crippen LogP contribution in [0.1, 0.15) is 12.8 Å². The van der Waals surface area contributed by atoms with Crippen molar-refractivity contribution >= 4 is 17.4 Å². The van der Waals surface area contributed by atoms with Gasteiger partial charge in [0.2, 0.25) is 0 Å². The molecule has 1 aromatic rings. The molecule has 0 saturated carbocycles. The third-order valence-electron chi connectivity index (χ3n) is 2.39. The molecule has 1 aromatic carbocycles. The minimum atomic E-state index is -0.527. The van der Waals surface area contributed by atoms with Crippen LogP contribution in [0.4, 0.5) is 14.5 Å². The Bertz CT molecular complexity index is 317. The van der Waals surface area contributed by atoms with Gasteiger partial charge in [-0.1, -0.05) is 0 Å². The van der Waals surface area contributed by atoms with Crippen molar-refractivity contribution in [3.63, 3.8) is 0 Å². The van der Waals surface area contributed by atoms with E-state index in [2.05, 4.69) is 5.32 Å². The normalized spacial score (nSPS) is 21.3. The summed E-state index contributed by atoms with van der Waals surface area (Å²) in [5, 5.41) is 3.16. The van der Waals surface area contributed by atoms with E-state index in [1.165, 1.54) is 24.3 Å². The number of anilines is 1. The van der Waals surface area contributed by atoms with Crippen molar-refractivity contribution in [3.8, 4) is 0 Å². The maximum absolute atomic E-state index is 12.9. The summed E-state index contributed by atoms with van der Waals surface area (Å²) in [7, 11) is 0. The summed E-state index contributed by atoms with van der Waals surface area (Å²) in [5.41, 5.74) is 0.542. The van der Waals surface area contributed by atoms with Crippen LogP contribution < -0.4 is 5.32 Å². The van der Waals surface area contributed by atoms with Crippen LogP contribution in [0.25, 0.3) is 0 Å². The zero-order chi connectivity index (χ0) is 10.7. The highest BCUT2D eigenvalue weighted by Gasteiger charge is 2.13. The van der Waals surface area contributed by atoms with Crippen molar-refractivity contribution in [1.82, 2.24) is 0 Å². The molecule has 1 saturated heterocycles. The van der Waals surface area contributed by atoms with Gasteiger partial charge in [0.25, 0.3) is 0 Å². The highest BCUT2D eigenvalue weighted by Crippen LogP contribution is 2.21. The van der Waals surface area contributed by atoms with Crippen LogP contribution in [0.15, 0.2) is 18.2 Å². The highest BCUT2D eigenvalue weighted by molar-refractivity contribution is 7.99. The molecular weight excluding hydrogens is 216 g/mol. The number of nitrogens with one attached hydrogen (secondary N) is 1. The fraction of sp³-hybridized carbons (Fsp3) is 0.455. The highest BCUT2D eigenvalue weighted by atomic mass is 32.2. The first-order valence-corrected chi connectivity index (χ1v) is 6.20. The standard InChI is InChI=1S/C11H13F2NS/c12-8-4-9(13)6-11(5-8)14-10-2-1-3-15-7-10/h4-6,10,14H,1-3,7H2/t10-/m1/s1. The zero-order valence-electron chi connectivity index (χ0n) is 8.30. The molecule has 1 heterocycles. The topological polar surface area (TPSA) is 12.0 Å². The average Bonchev–Trinajstić information content (AvgIpc) is 2.17. The molecule has 0 aromatic heterocycles. The molecule has 0 bridgehead atoms. The van der Waals surface area contributed by atoms with Crippen LogP contribution in [-0.2, 0) is 0 Å². The van der Waals surface area contributed by atoms with E-state index in [0.717, 1.165) is 18.2 Å². The number of benzene rings is 1. The van der Waals surface area contributed by atoms with E-state index in [0.29, 0.717) is 11.7 Å². The van der Waals surface area contributed by atoms with Crippen molar-refractivity contribution < 1.29 is 8.78 Å². The molecular formula is C11H13F2NS. The number of rotatable bonds is 2. The van der Waals surface area contributed by atoms with Gasteiger partial charge in [-0.3, -0.25) is 0 Å². The molecule has 4 heteroatoms. The lowest BCUT2D eigenvalue weighted by Crippen LogP contribution is -2.25. The van der Waals surface area contributed by atoms with Gasteiger partial charge in [-0.05, 0) is 30.7 Å². The molecule has 1 aliphatic heterocycles. The number of hydrogen-bond acceptors (Lipinski definition) is 2. The Hall–Kier alpha value is -0.770.